The lowest BCUT2D eigenvalue weighted by Gasteiger charge is -2.24. The zero-order valence-corrected chi connectivity index (χ0v) is 16.9. The number of anilines is 1. The Morgan fingerprint density at radius 3 is 2.55 bits per heavy atom. The SMILES string of the molecule is Cc1ccc(C)c(N2C(=O)N(Cc3cccc([N+](=O)[O-])c3)C3CS(=O)(=O)CC32)c1. The predicted octanol–water partition coefficient (Wildman–Crippen LogP) is 2.82. The molecule has 2 aromatic rings. The second-order valence-electron chi connectivity index (χ2n) is 7.71. The molecule has 29 heavy (non-hydrogen) atoms. The molecule has 2 aliphatic heterocycles. The Bertz CT molecular complexity index is 1110. The van der Waals surface area contributed by atoms with Gasteiger partial charge in [-0.25, -0.2) is 13.2 Å². The normalized spacial score (nSPS) is 22.8. The number of fused-ring (bicyclic) bond motifs is 1. The highest BCUT2D eigenvalue weighted by Gasteiger charge is 2.54. The molecule has 8 nitrogen and oxygen atoms in total. The zero-order valence-electron chi connectivity index (χ0n) is 16.1. The van der Waals surface area contributed by atoms with Crippen molar-refractivity contribution in [2.45, 2.75) is 32.5 Å². The fourth-order valence-electron chi connectivity index (χ4n) is 4.19. The van der Waals surface area contributed by atoms with Crippen molar-refractivity contribution in [1.82, 2.24) is 4.90 Å². The van der Waals surface area contributed by atoms with Crippen LogP contribution in [-0.4, -0.2) is 47.9 Å². The third-order valence-electron chi connectivity index (χ3n) is 5.58. The molecule has 2 aromatic carbocycles. The number of non-ortho nitro benzene ring substituents is 1. The molecule has 152 valence electrons. The summed E-state index contributed by atoms with van der Waals surface area (Å²) in [7, 11) is -3.28. The summed E-state index contributed by atoms with van der Waals surface area (Å²) in [6, 6.07) is 10.6. The number of amides is 2. The number of hydrogen-bond donors (Lipinski definition) is 0. The van der Waals surface area contributed by atoms with E-state index in [1.54, 1.807) is 17.0 Å². The van der Waals surface area contributed by atoms with Crippen LogP contribution in [0.4, 0.5) is 16.2 Å². The summed E-state index contributed by atoms with van der Waals surface area (Å²) in [6.07, 6.45) is 0. The van der Waals surface area contributed by atoms with E-state index in [0.717, 1.165) is 11.1 Å². The van der Waals surface area contributed by atoms with Crippen molar-refractivity contribution in [3.63, 3.8) is 0 Å². The highest BCUT2D eigenvalue weighted by molar-refractivity contribution is 7.91. The van der Waals surface area contributed by atoms with Gasteiger partial charge in [0.25, 0.3) is 5.69 Å². The van der Waals surface area contributed by atoms with E-state index >= 15 is 0 Å². The molecule has 2 aliphatic rings. The van der Waals surface area contributed by atoms with E-state index < -0.39 is 26.8 Å². The molecule has 2 heterocycles. The first kappa shape index (κ1) is 19.4. The second kappa shape index (κ2) is 6.84. The van der Waals surface area contributed by atoms with E-state index in [-0.39, 0.29) is 29.8 Å². The van der Waals surface area contributed by atoms with Crippen molar-refractivity contribution in [3.8, 4) is 0 Å². The summed E-state index contributed by atoms with van der Waals surface area (Å²) in [5.74, 6) is -0.179. The second-order valence-corrected chi connectivity index (χ2v) is 9.86. The van der Waals surface area contributed by atoms with E-state index in [0.29, 0.717) is 11.3 Å². The molecule has 2 fully saturated rings. The molecule has 0 saturated carbocycles. The van der Waals surface area contributed by atoms with Gasteiger partial charge in [0.05, 0.1) is 28.5 Å². The van der Waals surface area contributed by atoms with Gasteiger partial charge < -0.3 is 4.90 Å². The fourth-order valence-corrected chi connectivity index (χ4v) is 6.14. The topological polar surface area (TPSA) is 101 Å². The Labute approximate surface area is 168 Å². The Hall–Kier alpha value is -2.94. The zero-order chi connectivity index (χ0) is 20.9. The van der Waals surface area contributed by atoms with Crippen LogP contribution in [0.1, 0.15) is 16.7 Å². The first-order valence-electron chi connectivity index (χ1n) is 9.27. The smallest absolute Gasteiger partial charge is 0.314 e. The molecule has 0 N–H and O–H groups in total. The maximum absolute atomic E-state index is 13.3. The van der Waals surface area contributed by atoms with Gasteiger partial charge in [0.2, 0.25) is 0 Å². The number of aryl methyl sites for hydroxylation is 2. The monoisotopic (exact) mass is 415 g/mol. The van der Waals surface area contributed by atoms with Crippen molar-refractivity contribution < 1.29 is 18.1 Å². The molecular formula is C20H21N3O5S. The van der Waals surface area contributed by atoms with E-state index in [1.165, 1.54) is 17.0 Å². The summed E-state index contributed by atoms with van der Waals surface area (Å²) in [5.41, 5.74) is 3.12. The quantitative estimate of drug-likeness (QED) is 0.434. The molecule has 0 aliphatic carbocycles. The summed E-state index contributed by atoms with van der Waals surface area (Å²) >= 11 is 0. The van der Waals surface area contributed by atoms with Gasteiger partial charge in [-0.05, 0) is 36.6 Å². The lowest BCUT2D eigenvalue weighted by atomic mass is 10.1. The highest BCUT2D eigenvalue weighted by Crippen LogP contribution is 2.37. The van der Waals surface area contributed by atoms with Crippen LogP contribution in [0, 0.1) is 24.0 Å². The summed E-state index contributed by atoms with van der Waals surface area (Å²) in [5, 5.41) is 11.1. The van der Waals surface area contributed by atoms with Gasteiger partial charge in [0.15, 0.2) is 9.84 Å². The molecule has 2 saturated heterocycles. The molecule has 4 rings (SSSR count). The largest absolute Gasteiger partial charge is 0.325 e. The lowest BCUT2D eigenvalue weighted by Crippen LogP contribution is -2.38. The molecule has 0 aromatic heterocycles. The summed E-state index contributed by atoms with van der Waals surface area (Å²) < 4.78 is 24.7. The highest BCUT2D eigenvalue weighted by atomic mass is 32.2. The van der Waals surface area contributed by atoms with Crippen LogP contribution < -0.4 is 4.90 Å². The Balaban J connectivity index is 1.73. The van der Waals surface area contributed by atoms with Crippen LogP contribution in [0.5, 0.6) is 0 Å². The maximum Gasteiger partial charge on any atom is 0.325 e. The Morgan fingerprint density at radius 2 is 1.83 bits per heavy atom. The number of carbonyl (C=O) groups excluding carboxylic acids is 1. The molecule has 2 unspecified atom stereocenters. The van der Waals surface area contributed by atoms with Crippen LogP contribution >= 0.6 is 0 Å². The van der Waals surface area contributed by atoms with Crippen LogP contribution in [0.15, 0.2) is 42.5 Å². The van der Waals surface area contributed by atoms with Crippen molar-refractivity contribution in [1.29, 1.82) is 0 Å². The maximum atomic E-state index is 13.3. The van der Waals surface area contributed by atoms with Crippen molar-refractivity contribution in [2.24, 2.45) is 0 Å². The van der Waals surface area contributed by atoms with Gasteiger partial charge in [0.1, 0.15) is 0 Å². The molecular weight excluding hydrogens is 394 g/mol. The molecule has 9 heteroatoms. The average Bonchev–Trinajstić information content (AvgIpc) is 3.08. The number of nitro benzene ring substituents is 1. The molecule has 0 spiro atoms. The van der Waals surface area contributed by atoms with Crippen LogP contribution in [0.3, 0.4) is 0 Å². The van der Waals surface area contributed by atoms with Crippen LogP contribution in [0.25, 0.3) is 0 Å². The van der Waals surface area contributed by atoms with Gasteiger partial charge in [0, 0.05) is 24.4 Å². The number of carbonyl (C=O) groups is 1. The predicted molar refractivity (Wildman–Crippen MR) is 109 cm³/mol. The number of hydrogen-bond acceptors (Lipinski definition) is 5. The third-order valence-corrected chi connectivity index (χ3v) is 7.27. The number of nitrogens with zero attached hydrogens (tertiary/aromatic N) is 3. The molecule has 2 atom stereocenters. The minimum absolute atomic E-state index is 0.0591. The summed E-state index contributed by atoms with van der Waals surface area (Å²) in [4.78, 5) is 27.1. The summed E-state index contributed by atoms with van der Waals surface area (Å²) in [6.45, 7) is 3.94. The average molecular weight is 415 g/mol. The fraction of sp³-hybridized carbons (Fsp3) is 0.350. The Kier molecular flexibility index (Phi) is 4.57. The standard InChI is InChI=1S/C20H21N3O5S/c1-13-6-7-14(2)17(8-13)22-19-12-29(27,28)11-18(19)21(20(22)24)10-15-4-3-5-16(9-15)23(25)26/h3-9,18-19H,10-12H2,1-2H3. The first-order valence-corrected chi connectivity index (χ1v) is 11.1. The number of nitro groups is 1. The van der Waals surface area contributed by atoms with Crippen LogP contribution in [0.2, 0.25) is 0 Å². The van der Waals surface area contributed by atoms with Gasteiger partial charge in [-0.15, -0.1) is 0 Å². The molecule has 2 amide bonds. The molecule has 0 bridgehead atoms. The van der Waals surface area contributed by atoms with E-state index in [2.05, 4.69) is 0 Å². The van der Waals surface area contributed by atoms with Gasteiger partial charge in [-0.1, -0.05) is 24.3 Å². The van der Waals surface area contributed by atoms with Gasteiger partial charge in [-0.3, -0.25) is 15.0 Å². The van der Waals surface area contributed by atoms with Crippen molar-refractivity contribution in [2.75, 3.05) is 16.4 Å². The van der Waals surface area contributed by atoms with Crippen LogP contribution in [-0.2, 0) is 16.4 Å². The molecule has 0 radical (unpaired) electrons. The number of sulfone groups is 1. The number of rotatable bonds is 4. The van der Waals surface area contributed by atoms with E-state index in [4.69, 9.17) is 0 Å². The van der Waals surface area contributed by atoms with E-state index in [1.807, 2.05) is 32.0 Å². The number of urea groups is 1. The Morgan fingerprint density at radius 1 is 1.10 bits per heavy atom. The van der Waals surface area contributed by atoms with Gasteiger partial charge >= 0.3 is 6.03 Å². The first-order chi connectivity index (χ1) is 13.7. The van der Waals surface area contributed by atoms with Gasteiger partial charge in [-0.2, -0.15) is 0 Å². The number of benzene rings is 2. The minimum Gasteiger partial charge on any atom is -0.314 e. The van der Waals surface area contributed by atoms with Crippen molar-refractivity contribution >= 4 is 27.2 Å². The third kappa shape index (κ3) is 3.46. The minimum atomic E-state index is -3.28. The van der Waals surface area contributed by atoms with E-state index in [9.17, 15) is 23.3 Å². The van der Waals surface area contributed by atoms with Crippen molar-refractivity contribution in [3.05, 3.63) is 69.3 Å². The lowest BCUT2D eigenvalue weighted by molar-refractivity contribution is -0.384.